The molecule has 1 heterocycles. The van der Waals surface area contributed by atoms with E-state index < -0.39 is 56.7 Å². The summed E-state index contributed by atoms with van der Waals surface area (Å²) in [6.07, 6.45) is -0.710. The van der Waals surface area contributed by atoms with E-state index in [1.807, 2.05) is 0 Å². The summed E-state index contributed by atoms with van der Waals surface area (Å²) in [5.41, 5.74) is 11.0. The predicted octanol–water partition coefficient (Wildman–Crippen LogP) is 0.298. The fraction of sp³-hybridized carbons (Fsp3) is 0.0800. The SMILES string of the molecule is N=C(N)c1ccc2[nH]c(-c3cc(C(=O)NC(CC(N)=O)C(=O)O)cc(-c4cc(S(N)(=O)=O)ccc4O)c3O)nc2c1. The van der Waals surface area contributed by atoms with Crippen molar-refractivity contribution in [2.45, 2.75) is 17.4 Å². The molecule has 0 spiro atoms. The number of H-pyrrole nitrogens is 1. The number of carboxylic acids is 1. The first-order valence-electron chi connectivity index (χ1n) is 11.6. The number of benzene rings is 3. The predicted molar refractivity (Wildman–Crippen MR) is 145 cm³/mol. The van der Waals surface area contributed by atoms with Crippen LogP contribution in [0.4, 0.5) is 0 Å². The van der Waals surface area contributed by atoms with Crippen LogP contribution in [-0.2, 0) is 19.6 Å². The molecule has 1 unspecified atom stereocenters. The first-order chi connectivity index (χ1) is 19.1. The van der Waals surface area contributed by atoms with E-state index >= 15 is 0 Å². The maximum absolute atomic E-state index is 13.2. The normalized spacial score (nSPS) is 12.1. The van der Waals surface area contributed by atoms with Gasteiger partial charge in [-0.2, -0.15) is 0 Å². The summed E-state index contributed by atoms with van der Waals surface area (Å²) in [5.74, 6) is -4.74. The number of hydrogen-bond acceptors (Lipinski definition) is 9. The summed E-state index contributed by atoms with van der Waals surface area (Å²) in [5, 5.41) is 46.3. The molecule has 0 aliphatic carbocycles. The standard InChI is InChI=1S/C25H23N7O8S/c26-20(34)9-18(25(37)38)32-24(36)11-5-14(13-8-12(41(29,39)40)2-4-19(13)33)21(35)15(6-11)23-30-16-3-1-10(22(27)28)7-17(16)31-23/h1-8,18,33,35H,9H2,(H2,26,34)(H3,27,28)(H,30,31)(H,32,36)(H,37,38)(H2,29,39,40). The van der Waals surface area contributed by atoms with Gasteiger partial charge in [0.2, 0.25) is 15.9 Å². The van der Waals surface area contributed by atoms with Crippen LogP contribution in [0.3, 0.4) is 0 Å². The number of hydrogen-bond donors (Lipinski definition) is 9. The van der Waals surface area contributed by atoms with Crippen molar-refractivity contribution in [1.29, 1.82) is 5.41 Å². The molecule has 4 aromatic rings. The second-order valence-electron chi connectivity index (χ2n) is 8.91. The van der Waals surface area contributed by atoms with E-state index in [4.69, 9.17) is 22.0 Å². The monoisotopic (exact) mass is 581 g/mol. The minimum Gasteiger partial charge on any atom is -0.507 e. The number of rotatable bonds is 9. The number of amidine groups is 1. The van der Waals surface area contributed by atoms with Gasteiger partial charge in [-0.1, -0.05) is 0 Å². The second kappa shape index (κ2) is 10.6. The lowest BCUT2D eigenvalue weighted by Gasteiger charge is -2.16. The third-order valence-electron chi connectivity index (χ3n) is 6.02. The Morgan fingerprint density at radius 2 is 1.66 bits per heavy atom. The number of aromatic nitrogens is 2. The third-order valence-corrected chi connectivity index (χ3v) is 6.93. The number of aliphatic carboxylic acids is 1. The molecule has 3 aromatic carbocycles. The zero-order valence-electron chi connectivity index (χ0n) is 20.9. The Kier molecular flexibility index (Phi) is 7.37. The van der Waals surface area contributed by atoms with E-state index in [0.717, 1.165) is 24.3 Å². The van der Waals surface area contributed by atoms with Crippen LogP contribution in [0, 0.1) is 5.41 Å². The van der Waals surface area contributed by atoms with E-state index in [1.54, 1.807) is 12.1 Å². The van der Waals surface area contributed by atoms with Gasteiger partial charge in [0.15, 0.2) is 0 Å². The van der Waals surface area contributed by atoms with Crippen molar-refractivity contribution in [3.05, 3.63) is 59.7 Å². The third kappa shape index (κ3) is 5.92. The van der Waals surface area contributed by atoms with Gasteiger partial charge in [0.1, 0.15) is 29.2 Å². The van der Waals surface area contributed by atoms with Gasteiger partial charge < -0.3 is 37.1 Å². The van der Waals surface area contributed by atoms with Crippen molar-refractivity contribution in [3.63, 3.8) is 0 Å². The quantitative estimate of drug-likeness (QED) is 0.0961. The number of aromatic hydroxyl groups is 2. The first kappa shape index (κ1) is 28.5. The number of imidazole rings is 1. The van der Waals surface area contributed by atoms with Gasteiger partial charge in [-0.3, -0.25) is 15.0 Å². The van der Waals surface area contributed by atoms with Gasteiger partial charge >= 0.3 is 5.97 Å². The van der Waals surface area contributed by atoms with Crippen LogP contribution in [0.2, 0.25) is 0 Å². The van der Waals surface area contributed by atoms with Gasteiger partial charge in [0.25, 0.3) is 5.91 Å². The van der Waals surface area contributed by atoms with Gasteiger partial charge in [-0.05, 0) is 48.5 Å². The molecule has 41 heavy (non-hydrogen) atoms. The highest BCUT2D eigenvalue weighted by atomic mass is 32.2. The zero-order valence-corrected chi connectivity index (χ0v) is 21.7. The molecular formula is C25H23N7O8S. The van der Waals surface area contributed by atoms with Crippen LogP contribution in [0.5, 0.6) is 11.5 Å². The van der Waals surface area contributed by atoms with Crippen molar-refractivity contribution in [3.8, 4) is 34.0 Å². The Bertz CT molecular complexity index is 1870. The summed E-state index contributed by atoms with van der Waals surface area (Å²) >= 11 is 0. The number of nitrogen functional groups attached to an aromatic ring is 1. The Morgan fingerprint density at radius 3 is 2.27 bits per heavy atom. The Balaban J connectivity index is 1.95. The molecule has 16 heteroatoms. The van der Waals surface area contributed by atoms with Crippen LogP contribution >= 0.6 is 0 Å². The van der Waals surface area contributed by atoms with Gasteiger partial charge in [0, 0.05) is 22.3 Å². The maximum atomic E-state index is 13.2. The minimum atomic E-state index is -4.24. The largest absolute Gasteiger partial charge is 0.507 e. The van der Waals surface area contributed by atoms with E-state index in [0.29, 0.717) is 16.6 Å². The van der Waals surface area contributed by atoms with Gasteiger partial charge in [-0.25, -0.2) is 23.3 Å². The average molecular weight is 582 g/mol. The maximum Gasteiger partial charge on any atom is 0.326 e. The van der Waals surface area contributed by atoms with Crippen molar-refractivity contribution in [1.82, 2.24) is 15.3 Å². The van der Waals surface area contributed by atoms with Crippen LogP contribution in [0.25, 0.3) is 33.5 Å². The van der Waals surface area contributed by atoms with Crippen LogP contribution in [0.1, 0.15) is 22.3 Å². The lowest BCUT2D eigenvalue weighted by Crippen LogP contribution is -2.43. The molecule has 0 saturated heterocycles. The Labute approximate surface area is 231 Å². The van der Waals surface area contributed by atoms with Gasteiger partial charge in [0.05, 0.1) is 27.9 Å². The molecule has 4 rings (SSSR count). The fourth-order valence-corrected chi connectivity index (χ4v) is 4.54. The van der Waals surface area contributed by atoms with Crippen molar-refractivity contribution < 1.29 is 38.1 Å². The number of phenolic OH excluding ortho intramolecular Hbond substituents is 2. The number of aromatic amines is 1. The van der Waals surface area contributed by atoms with Crippen LogP contribution in [0.15, 0.2) is 53.4 Å². The van der Waals surface area contributed by atoms with Crippen molar-refractivity contribution in [2.75, 3.05) is 0 Å². The molecule has 0 aliphatic heterocycles. The molecule has 12 N–H and O–H groups in total. The van der Waals surface area contributed by atoms with Crippen LogP contribution < -0.4 is 21.9 Å². The van der Waals surface area contributed by atoms with Crippen LogP contribution in [-0.4, -0.2) is 63.4 Å². The summed E-state index contributed by atoms with van der Waals surface area (Å²) in [7, 11) is -4.24. The molecule has 0 radical (unpaired) electrons. The number of carbonyl (C=O) groups is 3. The summed E-state index contributed by atoms with van der Waals surface area (Å²) in [6.45, 7) is 0. The Hall–Kier alpha value is -5.48. The molecule has 15 nitrogen and oxygen atoms in total. The molecule has 0 aliphatic rings. The second-order valence-corrected chi connectivity index (χ2v) is 10.5. The number of carboxylic acid groups (broad SMARTS) is 1. The van der Waals surface area contributed by atoms with Gasteiger partial charge in [-0.15, -0.1) is 0 Å². The molecule has 1 atom stereocenters. The summed E-state index contributed by atoms with van der Waals surface area (Å²) in [6, 6.07) is 8.26. The number of sulfonamides is 1. The van der Waals surface area contributed by atoms with Crippen molar-refractivity contribution >= 4 is 44.7 Å². The first-order valence-corrected chi connectivity index (χ1v) is 13.1. The number of carbonyl (C=O) groups excluding carboxylic acids is 2. The number of fused-ring (bicyclic) bond motifs is 1. The molecule has 2 amide bonds. The number of primary sulfonamides is 1. The molecular weight excluding hydrogens is 558 g/mol. The number of nitrogens with zero attached hydrogens (tertiary/aromatic N) is 1. The molecule has 0 fully saturated rings. The van der Waals surface area contributed by atoms with E-state index in [1.165, 1.54) is 12.1 Å². The number of primary amides is 1. The van der Waals surface area contributed by atoms with Crippen molar-refractivity contribution in [2.24, 2.45) is 16.6 Å². The number of nitrogens with two attached hydrogens (primary N) is 3. The minimum absolute atomic E-state index is 0.0168. The Morgan fingerprint density at radius 1 is 0.976 bits per heavy atom. The van der Waals surface area contributed by atoms with E-state index in [2.05, 4.69) is 15.3 Å². The lowest BCUT2D eigenvalue weighted by molar-refractivity contribution is -0.140. The fourth-order valence-electron chi connectivity index (χ4n) is 4.00. The molecule has 1 aromatic heterocycles. The van der Waals surface area contributed by atoms with E-state index in [9.17, 15) is 38.1 Å². The average Bonchev–Trinajstić information content (AvgIpc) is 3.31. The highest BCUT2D eigenvalue weighted by molar-refractivity contribution is 7.89. The number of amides is 2. The highest BCUT2D eigenvalue weighted by Gasteiger charge is 2.26. The molecule has 0 saturated carbocycles. The zero-order chi connectivity index (χ0) is 30.2. The smallest absolute Gasteiger partial charge is 0.326 e. The number of phenols is 2. The number of nitrogens with one attached hydrogen (secondary N) is 3. The topological polar surface area (TPSA) is 289 Å². The highest BCUT2D eigenvalue weighted by Crippen LogP contribution is 2.42. The lowest BCUT2D eigenvalue weighted by atomic mass is 9.96. The van der Waals surface area contributed by atoms with E-state index in [-0.39, 0.29) is 33.9 Å². The molecule has 0 bridgehead atoms. The summed E-state index contributed by atoms with van der Waals surface area (Å²) in [4.78, 5) is 43.0. The molecule has 212 valence electrons. The summed E-state index contributed by atoms with van der Waals surface area (Å²) < 4.78 is 23.9.